The molecule has 1 fully saturated rings. The zero-order chi connectivity index (χ0) is 20.2. The van der Waals surface area contributed by atoms with Gasteiger partial charge in [0.15, 0.2) is 0 Å². The zero-order valence-electron chi connectivity index (χ0n) is 16.2. The quantitative estimate of drug-likeness (QED) is 0.869. The third kappa shape index (κ3) is 3.66. The van der Waals surface area contributed by atoms with Crippen molar-refractivity contribution in [3.63, 3.8) is 0 Å². The van der Waals surface area contributed by atoms with E-state index < -0.39 is 11.9 Å². The summed E-state index contributed by atoms with van der Waals surface area (Å²) >= 11 is 0. The van der Waals surface area contributed by atoms with Crippen LogP contribution in [0.5, 0.6) is 0 Å². The molecule has 1 aliphatic heterocycles. The molecular formula is C24H23N3O2. The van der Waals surface area contributed by atoms with Gasteiger partial charge in [-0.3, -0.25) is 14.5 Å². The fourth-order valence-corrected chi connectivity index (χ4v) is 4.28. The van der Waals surface area contributed by atoms with Gasteiger partial charge in [0.2, 0.25) is 5.91 Å². The van der Waals surface area contributed by atoms with Crippen LogP contribution in [0.15, 0.2) is 66.2 Å². The molecule has 0 bridgehead atoms. The second-order valence-electron chi connectivity index (χ2n) is 7.52. The van der Waals surface area contributed by atoms with Crippen LogP contribution in [0.2, 0.25) is 0 Å². The summed E-state index contributed by atoms with van der Waals surface area (Å²) in [6.45, 7) is 0. The second-order valence-corrected chi connectivity index (χ2v) is 7.52. The van der Waals surface area contributed by atoms with E-state index >= 15 is 0 Å². The monoisotopic (exact) mass is 385 g/mol. The van der Waals surface area contributed by atoms with Crippen molar-refractivity contribution in [3.05, 3.63) is 71.8 Å². The number of hydrogen-bond acceptors (Lipinski definition) is 3. The minimum absolute atomic E-state index is 0.0313. The number of anilines is 1. The molecule has 1 N–H and O–H groups in total. The number of para-hydroxylation sites is 1. The minimum atomic E-state index is -0.858. The summed E-state index contributed by atoms with van der Waals surface area (Å²) in [5.74, 6) is -0.653. The summed E-state index contributed by atoms with van der Waals surface area (Å²) < 4.78 is 0. The normalized spacial score (nSPS) is 19.9. The third-order valence-electron chi connectivity index (χ3n) is 5.66. The van der Waals surface area contributed by atoms with Gasteiger partial charge in [0, 0.05) is 17.3 Å². The Labute approximate surface area is 170 Å². The van der Waals surface area contributed by atoms with Crippen LogP contribution in [0.3, 0.4) is 0 Å². The van der Waals surface area contributed by atoms with Gasteiger partial charge in [-0.2, -0.15) is 5.26 Å². The highest BCUT2D eigenvalue weighted by atomic mass is 16.2. The van der Waals surface area contributed by atoms with Crippen LogP contribution in [0, 0.1) is 11.3 Å². The Bertz CT molecular complexity index is 970. The van der Waals surface area contributed by atoms with Gasteiger partial charge in [-0.25, -0.2) is 0 Å². The van der Waals surface area contributed by atoms with Crippen molar-refractivity contribution in [1.29, 1.82) is 5.26 Å². The largest absolute Gasteiger partial charge is 0.351 e. The second kappa shape index (κ2) is 8.32. The molecule has 0 radical (unpaired) electrons. The van der Waals surface area contributed by atoms with E-state index in [1.165, 1.54) is 11.3 Å². The Balaban J connectivity index is 1.77. The molecule has 2 amide bonds. The maximum absolute atomic E-state index is 13.4. The highest BCUT2D eigenvalue weighted by molar-refractivity contribution is 6.25. The van der Waals surface area contributed by atoms with E-state index in [0.717, 1.165) is 31.2 Å². The van der Waals surface area contributed by atoms with Crippen molar-refractivity contribution < 1.29 is 9.59 Å². The average Bonchev–Trinajstić information content (AvgIpc) is 3.08. The Morgan fingerprint density at radius 2 is 1.59 bits per heavy atom. The molecule has 29 heavy (non-hydrogen) atoms. The number of amides is 2. The number of nitrogens with one attached hydrogen (secondary N) is 1. The van der Waals surface area contributed by atoms with Crippen LogP contribution in [0.4, 0.5) is 5.69 Å². The smallest absolute Gasteiger partial charge is 0.270 e. The highest BCUT2D eigenvalue weighted by Crippen LogP contribution is 2.37. The number of nitrogens with zero attached hydrogens (tertiary/aromatic N) is 2. The van der Waals surface area contributed by atoms with Gasteiger partial charge in [0.1, 0.15) is 17.7 Å². The lowest BCUT2D eigenvalue weighted by Gasteiger charge is -2.30. The van der Waals surface area contributed by atoms with Gasteiger partial charge in [-0.05, 0) is 30.5 Å². The van der Waals surface area contributed by atoms with Gasteiger partial charge < -0.3 is 5.32 Å². The predicted molar refractivity (Wildman–Crippen MR) is 112 cm³/mol. The first-order chi connectivity index (χ1) is 14.2. The van der Waals surface area contributed by atoms with Gasteiger partial charge in [0.05, 0.1) is 0 Å². The first kappa shape index (κ1) is 18.9. The van der Waals surface area contributed by atoms with Gasteiger partial charge in [-0.1, -0.05) is 67.8 Å². The molecule has 5 nitrogen and oxygen atoms in total. The van der Waals surface area contributed by atoms with Crippen LogP contribution in [0.25, 0.3) is 5.57 Å². The number of rotatable bonds is 4. The van der Waals surface area contributed by atoms with Crippen LogP contribution >= 0.6 is 0 Å². The van der Waals surface area contributed by atoms with Gasteiger partial charge in [0.25, 0.3) is 5.91 Å². The number of carbonyl (C=O) groups is 2. The van der Waals surface area contributed by atoms with Crippen molar-refractivity contribution in [1.82, 2.24) is 5.32 Å². The van der Waals surface area contributed by atoms with Gasteiger partial charge >= 0.3 is 0 Å². The molecular weight excluding hydrogens is 362 g/mol. The molecule has 0 spiro atoms. The molecule has 2 aromatic carbocycles. The molecule has 1 aliphatic carbocycles. The predicted octanol–water partition coefficient (Wildman–Crippen LogP) is 3.83. The number of hydrogen-bond donors (Lipinski definition) is 1. The lowest BCUT2D eigenvalue weighted by atomic mass is 9.93. The van der Waals surface area contributed by atoms with Crippen molar-refractivity contribution >= 4 is 23.1 Å². The van der Waals surface area contributed by atoms with Crippen LogP contribution in [-0.2, 0) is 9.59 Å². The lowest BCUT2D eigenvalue weighted by molar-refractivity contribution is -0.124. The standard InChI is InChI=1S/C24H23N3O2/c25-16-20-21(17-10-4-1-5-11-17)22(23(28)26-18-12-6-2-7-13-18)27(24(20)29)19-14-8-3-9-15-19/h1,3-5,8-11,14-15,18,22H,2,6-7,12-13H2,(H,26,28). The maximum Gasteiger partial charge on any atom is 0.270 e. The fourth-order valence-electron chi connectivity index (χ4n) is 4.28. The summed E-state index contributed by atoms with van der Waals surface area (Å²) in [6, 6.07) is 19.7. The van der Waals surface area contributed by atoms with E-state index in [1.54, 1.807) is 12.1 Å². The lowest BCUT2D eigenvalue weighted by Crippen LogP contribution is -2.50. The Morgan fingerprint density at radius 1 is 0.966 bits per heavy atom. The summed E-state index contributed by atoms with van der Waals surface area (Å²) in [5.41, 5.74) is 1.85. The van der Waals surface area contributed by atoms with E-state index in [4.69, 9.17) is 0 Å². The topological polar surface area (TPSA) is 73.2 Å². The molecule has 1 heterocycles. The molecule has 1 saturated carbocycles. The van der Waals surface area contributed by atoms with Crippen LogP contribution in [0.1, 0.15) is 37.7 Å². The molecule has 5 heteroatoms. The van der Waals surface area contributed by atoms with E-state index in [0.29, 0.717) is 11.3 Å². The summed E-state index contributed by atoms with van der Waals surface area (Å²) in [7, 11) is 0. The van der Waals surface area contributed by atoms with Crippen molar-refractivity contribution in [2.45, 2.75) is 44.2 Å². The Hall–Kier alpha value is -3.39. The third-order valence-corrected chi connectivity index (χ3v) is 5.66. The zero-order valence-corrected chi connectivity index (χ0v) is 16.2. The molecule has 1 atom stereocenters. The molecule has 4 rings (SSSR count). The SMILES string of the molecule is N#CC1=C(c2ccccc2)C(C(=O)NC2CCCCC2)N(c2ccccc2)C1=O. The van der Waals surface area contributed by atoms with E-state index in [-0.39, 0.29) is 17.5 Å². The first-order valence-corrected chi connectivity index (χ1v) is 10.1. The summed E-state index contributed by atoms with van der Waals surface area (Å²) in [5, 5.41) is 12.9. The molecule has 0 aromatic heterocycles. The summed E-state index contributed by atoms with van der Waals surface area (Å²) in [6.07, 6.45) is 5.29. The molecule has 2 aromatic rings. The highest BCUT2D eigenvalue weighted by Gasteiger charge is 2.45. The van der Waals surface area contributed by atoms with Crippen molar-refractivity contribution in [2.75, 3.05) is 4.90 Å². The molecule has 1 unspecified atom stereocenters. The van der Waals surface area contributed by atoms with E-state index in [9.17, 15) is 14.9 Å². The number of carbonyl (C=O) groups excluding carboxylic acids is 2. The van der Waals surface area contributed by atoms with Crippen molar-refractivity contribution in [3.8, 4) is 6.07 Å². The van der Waals surface area contributed by atoms with Gasteiger partial charge in [-0.15, -0.1) is 0 Å². The minimum Gasteiger partial charge on any atom is -0.351 e. The molecule has 146 valence electrons. The maximum atomic E-state index is 13.4. The van der Waals surface area contributed by atoms with Crippen LogP contribution < -0.4 is 10.2 Å². The number of nitriles is 1. The molecule has 2 aliphatic rings. The fraction of sp³-hybridized carbons (Fsp3) is 0.292. The summed E-state index contributed by atoms with van der Waals surface area (Å²) in [4.78, 5) is 28.1. The van der Waals surface area contributed by atoms with Crippen LogP contribution in [-0.4, -0.2) is 23.9 Å². The molecule has 0 saturated heterocycles. The van der Waals surface area contributed by atoms with E-state index in [1.807, 2.05) is 48.5 Å². The number of benzene rings is 2. The average molecular weight is 385 g/mol. The Kier molecular flexibility index (Phi) is 5.44. The first-order valence-electron chi connectivity index (χ1n) is 10.1. The van der Waals surface area contributed by atoms with Crippen molar-refractivity contribution in [2.24, 2.45) is 0 Å². The van der Waals surface area contributed by atoms with E-state index in [2.05, 4.69) is 11.4 Å². The Morgan fingerprint density at radius 3 is 2.21 bits per heavy atom.